The first-order valence-corrected chi connectivity index (χ1v) is 18.3. The van der Waals surface area contributed by atoms with Gasteiger partial charge in [-0.3, -0.25) is 14.4 Å². The Morgan fingerprint density at radius 1 is 0.473 bits per heavy atom. The van der Waals surface area contributed by atoms with Gasteiger partial charge < -0.3 is 30.6 Å². The highest BCUT2D eigenvalue weighted by atomic mass is 19.4. The lowest BCUT2D eigenvalue weighted by molar-refractivity contribution is -0.461. The average Bonchev–Trinajstić information content (AvgIpc) is 3.55. The number of carbonyl (C=O) groups is 3. The SMILES string of the molecule is CC.CC1(O)CC(NCCC(F)(F)C(F)(F)C(F)(F)C(F)(F)C(F)(F)C(F)(F)C(F)(F)C(F)(F)F)=C(O)C1=O.CN(C(=O)C(F)(F)C(F)(F)C(F)(F)C(F)(F)C(F)(F)C(F)(F)C(F)(F)F)C1=C(O)C(=O)C(C)(O)C1. The maximum atomic E-state index is 14.0. The predicted molar refractivity (Wildman–Crippen MR) is 173 cm³/mol. The number of hydrogen-bond acceptors (Lipinski definition) is 8. The molecule has 2 rings (SSSR count). The zero-order valence-electron chi connectivity index (χ0n) is 35.9. The number of alkyl halides is 32. The number of hydrogen-bond donors (Lipinski definition) is 5. The van der Waals surface area contributed by atoms with E-state index in [1.54, 1.807) is 0 Å². The third kappa shape index (κ3) is 10.1. The van der Waals surface area contributed by atoms with Gasteiger partial charge in [-0.15, -0.1) is 0 Å². The normalized spacial score (nSPS) is 21.1. The molecular formula is C33H28F32N2O7. The summed E-state index contributed by atoms with van der Waals surface area (Å²) in [6.45, 7) is 3.54. The molecular weight excluding hydrogens is 1140 g/mol. The number of amides is 1. The molecule has 0 radical (unpaired) electrons. The molecule has 2 atom stereocenters. The van der Waals surface area contributed by atoms with Crippen LogP contribution in [-0.2, 0) is 14.4 Å². The summed E-state index contributed by atoms with van der Waals surface area (Å²) in [5.41, 5.74) is -7.41. The van der Waals surface area contributed by atoms with Crippen molar-refractivity contribution in [2.24, 2.45) is 0 Å². The van der Waals surface area contributed by atoms with Gasteiger partial charge >= 0.3 is 95.3 Å². The van der Waals surface area contributed by atoms with Crippen LogP contribution in [-0.4, -0.2) is 157 Å². The number of nitrogens with zero attached hydrogens (tertiary/aromatic N) is 1. The Balaban J connectivity index is 0.00000140. The summed E-state index contributed by atoms with van der Waals surface area (Å²) in [7, 11) is -0.0742. The number of nitrogens with one attached hydrogen (secondary N) is 1. The van der Waals surface area contributed by atoms with Crippen LogP contribution < -0.4 is 5.32 Å². The molecule has 0 heterocycles. The highest BCUT2D eigenvalue weighted by molar-refractivity contribution is 6.04. The first-order chi connectivity index (χ1) is 31.9. The molecule has 2 aliphatic carbocycles. The molecule has 2 aliphatic rings. The fraction of sp³-hybridized carbons (Fsp3) is 0.788. The Labute approximate surface area is 387 Å². The number of aliphatic hydroxyl groups is 4. The molecule has 5 N–H and O–H groups in total. The maximum Gasteiger partial charge on any atom is 0.460 e. The van der Waals surface area contributed by atoms with Crippen LogP contribution in [0, 0.1) is 0 Å². The van der Waals surface area contributed by atoms with Crippen molar-refractivity contribution in [3.05, 3.63) is 22.9 Å². The van der Waals surface area contributed by atoms with Crippen molar-refractivity contribution in [2.45, 2.75) is 148 Å². The van der Waals surface area contributed by atoms with E-state index in [1.165, 1.54) is 5.32 Å². The van der Waals surface area contributed by atoms with Crippen LogP contribution in [0.1, 0.15) is 47.0 Å². The van der Waals surface area contributed by atoms with E-state index < -0.39 is 172 Å². The number of halogens is 32. The molecule has 0 aromatic heterocycles. The minimum absolute atomic E-state index is 0.0742. The molecule has 0 fully saturated rings. The minimum Gasteiger partial charge on any atom is -0.503 e. The smallest absolute Gasteiger partial charge is 0.460 e. The summed E-state index contributed by atoms with van der Waals surface area (Å²) in [6.07, 6.45) is -20.6. The van der Waals surface area contributed by atoms with Crippen molar-refractivity contribution in [1.29, 1.82) is 0 Å². The molecule has 9 nitrogen and oxygen atoms in total. The van der Waals surface area contributed by atoms with Crippen molar-refractivity contribution in [1.82, 2.24) is 10.2 Å². The summed E-state index contributed by atoms with van der Waals surface area (Å²) in [4.78, 5) is 33.7. The van der Waals surface area contributed by atoms with Crippen molar-refractivity contribution in [3.63, 3.8) is 0 Å². The molecule has 74 heavy (non-hydrogen) atoms. The molecule has 1 amide bonds. The summed E-state index contributed by atoms with van der Waals surface area (Å²) in [6, 6.07) is 0. The topological polar surface area (TPSA) is 147 Å². The summed E-state index contributed by atoms with van der Waals surface area (Å²) in [5.74, 6) is -116. The summed E-state index contributed by atoms with van der Waals surface area (Å²) < 4.78 is 422. The highest BCUT2D eigenvalue weighted by Gasteiger charge is 2.96. The largest absolute Gasteiger partial charge is 0.503 e. The van der Waals surface area contributed by atoms with Gasteiger partial charge in [0.1, 0.15) is 11.2 Å². The van der Waals surface area contributed by atoms with Crippen LogP contribution in [0.15, 0.2) is 22.9 Å². The van der Waals surface area contributed by atoms with E-state index in [0.29, 0.717) is 6.92 Å². The van der Waals surface area contributed by atoms with Crippen molar-refractivity contribution < 1.29 is 175 Å². The van der Waals surface area contributed by atoms with Gasteiger partial charge in [0.15, 0.2) is 11.5 Å². The van der Waals surface area contributed by atoms with Gasteiger partial charge in [0, 0.05) is 32.9 Å². The Bertz CT molecular complexity index is 2170. The molecule has 436 valence electrons. The number of carbonyl (C=O) groups excluding carboxylic acids is 3. The minimum atomic E-state index is -8.70. The van der Waals surface area contributed by atoms with Crippen molar-refractivity contribution >= 4 is 17.5 Å². The van der Waals surface area contributed by atoms with Crippen LogP contribution in [0.3, 0.4) is 0 Å². The molecule has 0 saturated heterocycles. The lowest BCUT2D eigenvalue weighted by atomic mass is 9.88. The molecule has 0 aromatic rings. The third-order valence-corrected chi connectivity index (χ3v) is 9.87. The molecule has 0 spiro atoms. The standard InChI is InChI=1S/C16H12F17NO3.C15H10F15NO4.C2H6/c1-8(37)4-5(6(35)7(8)36)34-3-2-9(17,18)10(19,20)11(21,22)12(23,24)13(25,26)14(27,28)15(29,30)16(31,32)33;1-8(35)3-4(5(32)6(8)33)31(2)7(34)9(16,17)10(18,19)11(20,21)12(22,23)13(24,25)14(26,27)15(28,29)30;1-2/h34-35,37H,2-4H2,1H3;32,35H,3H2,1-2H3;1-2H3. The second kappa shape index (κ2) is 19.4. The zero-order valence-corrected chi connectivity index (χ0v) is 35.9. The van der Waals surface area contributed by atoms with Gasteiger partial charge in [-0.05, 0) is 13.8 Å². The van der Waals surface area contributed by atoms with Gasteiger partial charge in [0.2, 0.25) is 11.6 Å². The van der Waals surface area contributed by atoms with Crippen LogP contribution in [0.4, 0.5) is 140 Å². The number of ketones is 2. The van der Waals surface area contributed by atoms with Gasteiger partial charge in [-0.25, -0.2) is 0 Å². The summed E-state index contributed by atoms with van der Waals surface area (Å²) in [5, 5.41) is 39.4. The number of Topliss-reactive ketones (excluding diaryl/α,β-unsaturated/α-hetero) is 2. The molecule has 41 heteroatoms. The van der Waals surface area contributed by atoms with E-state index in [2.05, 4.69) is 0 Å². The summed E-state index contributed by atoms with van der Waals surface area (Å²) >= 11 is 0. The van der Waals surface area contributed by atoms with Crippen LogP contribution in [0.5, 0.6) is 0 Å². The first kappa shape index (κ1) is 69.4. The maximum absolute atomic E-state index is 14.0. The quantitative estimate of drug-likeness (QED) is 0.0905. The van der Waals surface area contributed by atoms with E-state index in [1.807, 2.05) is 13.8 Å². The van der Waals surface area contributed by atoms with Gasteiger partial charge in [0.25, 0.3) is 0 Å². The van der Waals surface area contributed by atoms with Crippen LogP contribution in [0.2, 0.25) is 0 Å². The number of rotatable bonds is 17. The van der Waals surface area contributed by atoms with E-state index in [4.69, 9.17) is 0 Å². The highest BCUT2D eigenvalue weighted by Crippen LogP contribution is 2.65. The van der Waals surface area contributed by atoms with Gasteiger partial charge in [-0.1, -0.05) is 13.8 Å². The van der Waals surface area contributed by atoms with Crippen LogP contribution in [0.25, 0.3) is 0 Å². The predicted octanol–water partition coefficient (Wildman–Crippen LogP) is 10.8. The second-order valence-corrected chi connectivity index (χ2v) is 15.3. The molecule has 0 saturated carbocycles. The zero-order chi connectivity index (χ0) is 60.7. The van der Waals surface area contributed by atoms with Gasteiger partial charge in [-0.2, -0.15) is 140 Å². The molecule has 2 unspecified atom stereocenters. The molecule has 0 bridgehead atoms. The van der Waals surface area contributed by atoms with E-state index in [9.17, 15) is 175 Å². The Morgan fingerprint density at radius 2 is 0.743 bits per heavy atom. The van der Waals surface area contributed by atoms with E-state index >= 15 is 0 Å². The Morgan fingerprint density at radius 3 is 1.01 bits per heavy atom. The lowest BCUT2D eigenvalue weighted by Gasteiger charge is -2.42. The molecule has 0 aliphatic heterocycles. The van der Waals surface area contributed by atoms with Crippen molar-refractivity contribution in [3.8, 4) is 0 Å². The van der Waals surface area contributed by atoms with Gasteiger partial charge in [0.05, 0.1) is 11.4 Å². The average molecular weight is 1170 g/mol. The van der Waals surface area contributed by atoms with Crippen molar-refractivity contribution in [2.75, 3.05) is 13.6 Å². The monoisotopic (exact) mass is 1170 g/mol. The Hall–Kier alpha value is -4.63. The first-order valence-electron chi connectivity index (χ1n) is 18.3. The van der Waals surface area contributed by atoms with E-state index in [0.717, 1.165) is 6.92 Å². The Kier molecular flexibility index (Phi) is 18.2. The number of aliphatic hydroxyl groups excluding tert-OH is 2. The third-order valence-electron chi connectivity index (χ3n) is 9.87. The fourth-order valence-corrected chi connectivity index (χ4v) is 5.36. The fourth-order valence-electron chi connectivity index (χ4n) is 5.36. The van der Waals surface area contributed by atoms with Crippen LogP contribution >= 0.6 is 0 Å². The van der Waals surface area contributed by atoms with E-state index in [-0.39, 0.29) is 7.05 Å². The lowest BCUT2D eigenvalue weighted by Crippen LogP contribution is -2.74. The molecule has 0 aromatic carbocycles. The second-order valence-electron chi connectivity index (χ2n) is 15.3.